The molecule has 0 saturated heterocycles. The SMILES string of the molecule is Cc1csc(-c2cn3cc(-c4c(C)ccc(O)c4C)c(N)c(C(N)=O)c3n2)n1. The van der Waals surface area contributed by atoms with Gasteiger partial charge in [-0.3, -0.25) is 4.79 Å². The number of phenolic OH excluding ortho intramolecular Hbond substituents is 1. The number of aromatic nitrogens is 3. The predicted molar refractivity (Wildman–Crippen MR) is 111 cm³/mol. The van der Waals surface area contributed by atoms with E-state index in [1.54, 1.807) is 16.7 Å². The summed E-state index contributed by atoms with van der Waals surface area (Å²) >= 11 is 1.48. The average molecular weight is 393 g/mol. The van der Waals surface area contributed by atoms with Gasteiger partial charge < -0.3 is 21.0 Å². The molecule has 0 fully saturated rings. The first-order chi connectivity index (χ1) is 13.3. The van der Waals surface area contributed by atoms with Gasteiger partial charge in [0.05, 0.1) is 5.69 Å². The predicted octanol–water partition coefficient (Wildman–Crippen LogP) is 3.44. The Morgan fingerprint density at radius 2 is 1.93 bits per heavy atom. The number of thiazole rings is 1. The number of nitrogens with two attached hydrogens (primary N) is 2. The summed E-state index contributed by atoms with van der Waals surface area (Å²) < 4.78 is 1.74. The van der Waals surface area contributed by atoms with Crippen LogP contribution in [-0.2, 0) is 0 Å². The Balaban J connectivity index is 2.06. The Bertz CT molecular complexity index is 1260. The Morgan fingerprint density at radius 1 is 1.18 bits per heavy atom. The number of imidazole rings is 1. The van der Waals surface area contributed by atoms with Crippen molar-refractivity contribution in [2.24, 2.45) is 5.73 Å². The first-order valence-electron chi connectivity index (χ1n) is 8.61. The molecule has 0 spiro atoms. The van der Waals surface area contributed by atoms with Crippen LogP contribution in [0.5, 0.6) is 5.75 Å². The van der Waals surface area contributed by atoms with Crippen LogP contribution in [0.3, 0.4) is 0 Å². The summed E-state index contributed by atoms with van der Waals surface area (Å²) in [6.45, 7) is 5.64. The van der Waals surface area contributed by atoms with Crippen LogP contribution in [0.25, 0.3) is 27.5 Å². The highest BCUT2D eigenvalue weighted by molar-refractivity contribution is 7.13. The van der Waals surface area contributed by atoms with Crippen molar-refractivity contribution >= 4 is 28.6 Å². The lowest BCUT2D eigenvalue weighted by atomic mass is 9.93. The molecule has 0 aliphatic carbocycles. The van der Waals surface area contributed by atoms with E-state index in [1.165, 1.54) is 11.3 Å². The van der Waals surface area contributed by atoms with Gasteiger partial charge in [0.2, 0.25) is 0 Å². The van der Waals surface area contributed by atoms with Crippen molar-refractivity contribution in [2.45, 2.75) is 20.8 Å². The van der Waals surface area contributed by atoms with E-state index >= 15 is 0 Å². The van der Waals surface area contributed by atoms with Crippen LogP contribution in [0.2, 0.25) is 0 Å². The molecule has 142 valence electrons. The average Bonchev–Trinajstić information content (AvgIpc) is 3.24. The van der Waals surface area contributed by atoms with E-state index in [0.717, 1.165) is 21.8 Å². The Morgan fingerprint density at radius 3 is 2.57 bits per heavy atom. The largest absolute Gasteiger partial charge is 0.508 e. The fourth-order valence-electron chi connectivity index (χ4n) is 3.41. The summed E-state index contributed by atoms with van der Waals surface area (Å²) in [5.74, 6) is -0.502. The van der Waals surface area contributed by atoms with E-state index in [0.29, 0.717) is 22.5 Å². The molecule has 7 nitrogen and oxygen atoms in total. The number of carbonyl (C=O) groups excluding carboxylic acids is 1. The molecule has 0 atom stereocenters. The van der Waals surface area contributed by atoms with Gasteiger partial charge in [-0.05, 0) is 43.5 Å². The maximum atomic E-state index is 12.2. The van der Waals surface area contributed by atoms with Gasteiger partial charge in [0.15, 0.2) is 5.65 Å². The number of carbonyl (C=O) groups is 1. The minimum absolute atomic E-state index is 0.152. The lowest BCUT2D eigenvalue weighted by Gasteiger charge is -2.16. The van der Waals surface area contributed by atoms with Crippen molar-refractivity contribution in [3.05, 3.63) is 52.3 Å². The number of aryl methyl sites for hydroxylation is 2. The minimum atomic E-state index is -0.660. The van der Waals surface area contributed by atoms with Crippen molar-refractivity contribution in [3.63, 3.8) is 0 Å². The van der Waals surface area contributed by atoms with Gasteiger partial charge in [-0.15, -0.1) is 11.3 Å². The van der Waals surface area contributed by atoms with Crippen LogP contribution in [0.15, 0.2) is 29.9 Å². The van der Waals surface area contributed by atoms with Gasteiger partial charge in [0, 0.05) is 29.0 Å². The molecule has 0 aliphatic rings. The number of rotatable bonds is 3. The van der Waals surface area contributed by atoms with E-state index in [2.05, 4.69) is 9.97 Å². The van der Waals surface area contributed by atoms with E-state index in [9.17, 15) is 9.90 Å². The summed E-state index contributed by atoms with van der Waals surface area (Å²) in [4.78, 5) is 21.2. The number of primary amides is 1. The number of pyridine rings is 1. The van der Waals surface area contributed by atoms with Crippen LogP contribution in [0.1, 0.15) is 27.2 Å². The molecule has 0 bridgehead atoms. The van der Waals surface area contributed by atoms with Crippen molar-refractivity contribution < 1.29 is 9.90 Å². The third-order valence-corrected chi connectivity index (χ3v) is 5.76. The van der Waals surface area contributed by atoms with Crippen molar-refractivity contribution in [1.29, 1.82) is 0 Å². The molecule has 1 amide bonds. The van der Waals surface area contributed by atoms with Crippen molar-refractivity contribution in [3.8, 4) is 27.6 Å². The van der Waals surface area contributed by atoms with E-state index in [4.69, 9.17) is 11.5 Å². The van der Waals surface area contributed by atoms with E-state index < -0.39 is 5.91 Å². The molecule has 5 N–H and O–H groups in total. The molecule has 0 radical (unpaired) electrons. The second-order valence-corrected chi connectivity index (χ2v) is 7.61. The normalized spacial score (nSPS) is 11.2. The monoisotopic (exact) mass is 393 g/mol. The summed E-state index contributed by atoms with van der Waals surface area (Å²) in [7, 11) is 0. The van der Waals surface area contributed by atoms with Gasteiger partial charge in [0.1, 0.15) is 22.0 Å². The highest BCUT2D eigenvalue weighted by Gasteiger charge is 2.22. The fourth-order valence-corrected chi connectivity index (χ4v) is 4.16. The lowest BCUT2D eigenvalue weighted by Crippen LogP contribution is -2.16. The number of phenols is 1. The summed E-state index contributed by atoms with van der Waals surface area (Å²) in [5.41, 5.74) is 17.3. The topological polar surface area (TPSA) is 120 Å². The van der Waals surface area contributed by atoms with Gasteiger partial charge in [0.25, 0.3) is 5.91 Å². The Kier molecular flexibility index (Phi) is 4.08. The maximum Gasteiger partial charge on any atom is 0.254 e. The quantitative estimate of drug-likeness (QED) is 0.492. The number of hydrogen-bond acceptors (Lipinski definition) is 6. The Hall–Kier alpha value is -3.39. The van der Waals surface area contributed by atoms with Gasteiger partial charge in [-0.25, -0.2) is 9.97 Å². The number of fused-ring (bicyclic) bond motifs is 1. The second-order valence-electron chi connectivity index (χ2n) is 6.75. The molecular weight excluding hydrogens is 374 g/mol. The molecule has 0 aliphatic heterocycles. The molecule has 28 heavy (non-hydrogen) atoms. The molecule has 4 aromatic rings. The van der Waals surface area contributed by atoms with Crippen LogP contribution in [-0.4, -0.2) is 25.4 Å². The molecule has 4 rings (SSSR count). The molecule has 0 unspecified atom stereocenters. The molecular formula is C20H19N5O2S. The number of benzene rings is 1. The first-order valence-corrected chi connectivity index (χ1v) is 9.49. The third-order valence-electron chi connectivity index (χ3n) is 4.78. The summed E-state index contributed by atoms with van der Waals surface area (Å²) in [6, 6.07) is 3.45. The molecule has 0 saturated carbocycles. The number of amides is 1. The van der Waals surface area contributed by atoms with Gasteiger partial charge in [-0.2, -0.15) is 0 Å². The van der Waals surface area contributed by atoms with Crippen molar-refractivity contribution in [1.82, 2.24) is 14.4 Å². The maximum absolute atomic E-state index is 12.2. The van der Waals surface area contributed by atoms with Crippen LogP contribution in [0, 0.1) is 20.8 Å². The lowest BCUT2D eigenvalue weighted by molar-refractivity contribution is 0.100. The number of nitrogen functional groups attached to an aromatic ring is 1. The molecule has 3 aromatic heterocycles. The smallest absolute Gasteiger partial charge is 0.254 e. The van der Waals surface area contributed by atoms with E-state index in [-0.39, 0.29) is 17.0 Å². The third kappa shape index (κ3) is 2.69. The minimum Gasteiger partial charge on any atom is -0.508 e. The second kappa shape index (κ2) is 6.35. The van der Waals surface area contributed by atoms with Crippen LogP contribution >= 0.6 is 11.3 Å². The summed E-state index contributed by atoms with van der Waals surface area (Å²) in [5, 5.41) is 12.9. The number of aromatic hydroxyl groups is 1. The van der Waals surface area contributed by atoms with Crippen LogP contribution < -0.4 is 11.5 Å². The molecule has 1 aromatic carbocycles. The zero-order valence-electron chi connectivity index (χ0n) is 15.6. The highest BCUT2D eigenvalue weighted by Crippen LogP contribution is 2.38. The number of hydrogen-bond donors (Lipinski definition) is 3. The summed E-state index contributed by atoms with van der Waals surface area (Å²) in [6.07, 6.45) is 3.61. The fraction of sp³-hybridized carbons (Fsp3) is 0.150. The zero-order chi connectivity index (χ0) is 20.2. The first kappa shape index (κ1) is 18.0. The van der Waals surface area contributed by atoms with Gasteiger partial charge in [-0.1, -0.05) is 6.07 Å². The molecule has 8 heteroatoms. The van der Waals surface area contributed by atoms with Crippen LogP contribution in [0.4, 0.5) is 5.69 Å². The number of anilines is 1. The van der Waals surface area contributed by atoms with Gasteiger partial charge >= 0.3 is 0 Å². The van der Waals surface area contributed by atoms with Crippen molar-refractivity contribution in [2.75, 3.05) is 5.73 Å². The Labute approximate surface area is 165 Å². The standard InChI is InChI=1S/C20H19N5O2S/c1-9-4-5-14(26)11(3)15(9)12-6-25-7-13(20-23-10(2)8-28-20)24-19(25)16(17(12)21)18(22)27/h4-8,26H,21H2,1-3H3,(H2,22,27). The highest BCUT2D eigenvalue weighted by atomic mass is 32.1. The number of nitrogens with zero attached hydrogens (tertiary/aromatic N) is 3. The van der Waals surface area contributed by atoms with E-state index in [1.807, 2.05) is 38.4 Å². The zero-order valence-corrected chi connectivity index (χ0v) is 16.5. The molecule has 3 heterocycles.